The Morgan fingerprint density at radius 1 is 0.938 bits per heavy atom. The minimum absolute atomic E-state index is 1.17. The summed E-state index contributed by atoms with van der Waals surface area (Å²) in [6, 6.07) is 8.85. The van der Waals surface area contributed by atoms with Crippen molar-refractivity contribution in [3.8, 4) is 0 Å². The summed E-state index contributed by atoms with van der Waals surface area (Å²) in [5, 5.41) is 0. The fourth-order valence-corrected chi connectivity index (χ4v) is 2.50. The Labute approximate surface area is 99.5 Å². The van der Waals surface area contributed by atoms with Gasteiger partial charge in [-0.25, -0.2) is 0 Å². The molecular weight excluding hydrogens is 194 g/mol. The molecule has 0 atom stereocenters. The van der Waals surface area contributed by atoms with Gasteiger partial charge in [0.25, 0.3) is 0 Å². The fraction of sp³-hybridized carbons (Fsp3) is 0.600. The third-order valence-corrected chi connectivity index (χ3v) is 3.48. The maximum Gasteiger partial charge on any atom is 0.0240 e. The normalized spacial score (nSPS) is 15.3. The summed E-state index contributed by atoms with van der Waals surface area (Å²) in [7, 11) is 0. The Morgan fingerprint density at radius 2 is 1.56 bits per heavy atom. The highest BCUT2D eigenvalue weighted by atomic mass is 15.1. The monoisotopic (exact) mass is 217 g/mol. The van der Waals surface area contributed by atoms with Crippen molar-refractivity contribution in [2.75, 3.05) is 6.54 Å². The van der Waals surface area contributed by atoms with Crippen LogP contribution < -0.4 is 0 Å². The Morgan fingerprint density at radius 3 is 2.19 bits per heavy atom. The van der Waals surface area contributed by atoms with Crippen LogP contribution >= 0.6 is 0 Å². The van der Waals surface area contributed by atoms with Gasteiger partial charge in [-0.15, -0.1) is 0 Å². The summed E-state index contributed by atoms with van der Waals surface area (Å²) in [5.41, 5.74) is 3.08. The van der Waals surface area contributed by atoms with Gasteiger partial charge < -0.3 is 0 Å². The first-order valence-corrected chi connectivity index (χ1v) is 6.69. The second-order valence-corrected chi connectivity index (χ2v) is 4.89. The van der Waals surface area contributed by atoms with E-state index in [1.54, 1.807) is 0 Å². The highest BCUT2D eigenvalue weighted by Crippen LogP contribution is 2.22. The third-order valence-electron chi connectivity index (χ3n) is 3.48. The van der Waals surface area contributed by atoms with E-state index >= 15 is 0 Å². The molecule has 0 unspecified atom stereocenters. The van der Waals surface area contributed by atoms with Crippen molar-refractivity contribution < 1.29 is 0 Å². The summed E-state index contributed by atoms with van der Waals surface area (Å²) in [6.45, 7) is 5.89. The van der Waals surface area contributed by atoms with Crippen molar-refractivity contribution in [1.82, 2.24) is 4.90 Å². The molecule has 1 heteroatoms. The standard InChI is InChI=1S/C15H23N/c1-2-3-4-5-8-11-16-12-14-9-6-7-10-15(14)13-16/h6-7,9-10H,2-5,8,11-13H2,1H3. The van der Waals surface area contributed by atoms with Crippen molar-refractivity contribution in [2.45, 2.75) is 52.1 Å². The number of fused-ring (bicyclic) bond motifs is 1. The van der Waals surface area contributed by atoms with Gasteiger partial charge in [-0.05, 0) is 24.1 Å². The fourth-order valence-electron chi connectivity index (χ4n) is 2.50. The van der Waals surface area contributed by atoms with E-state index in [4.69, 9.17) is 0 Å². The summed E-state index contributed by atoms with van der Waals surface area (Å²) in [6.07, 6.45) is 6.93. The van der Waals surface area contributed by atoms with E-state index < -0.39 is 0 Å². The number of rotatable bonds is 6. The number of nitrogens with zero attached hydrogens (tertiary/aromatic N) is 1. The van der Waals surface area contributed by atoms with E-state index in [-0.39, 0.29) is 0 Å². The lowest BCUT2D eigenvalue weighted by Crippen LogP contribution is -2.17. The zero-order chi connectivity index (χ0) is 11.2. The smallest absolute Gasteiger partial charge is 0.0240 e. The molecule has 0 saturated heterocycles. The highest BCUT2D eigenvalue weighted by Gasteiger charge is 2.16. The van der Waals surface area contributed by atoms with E-state index in [0.717, 1.165) is 0 Å². The predicted molar refractivity (Wildman–Crippen MR) is 69.3 cm³/mol. The van der Waals surface area contributed by atoms with Crippen molar-refractivity contribution in [2.24, 2.45) is 0 Å². The highest BCUT2D eigenvalue weighted by molar-refractivity contribution is 5.30. The van der Waals surface area contributed by atoms with Crippen LogP contribution in [0.3, 0.4) is 0 Å². The van der Waals surface area contributed by atoms with Crippen LogP contribution in [0.25, 0.3) is 0 Å². The molecule has 1 aromatic carbocycles. The molecule has 2 rings (SSSR count). The Balaban J connectivity index is 1.67. The summed E-state index contributed by atoms with van der Waals surface area (Å²) >= 11 is 0. The first-order chi connectivity index (χ1) is 7.90. The van der Waals surface area contributed by atoms with Gasteiger partial charge in [0.15, 0.2) is 0 Å². The van der Waals surface area contributed by atoms with E-state index in [9.17, 15) is 0 Å². The average molecular weight is 217 g/mol. The minimum Gasteiger partial charge on any atom is -0.295 e. The van der Waals surface area contributed by atoms with E-state index in [1.165, 1.54) is 62.9 Å². The molecule has 1 aliphatic heterocycles. The van der Waals surface area contributed by atoms with Crippen LogP contribution in [0.2, 0.25) is 0 Å². The van der Waals surface area contributed by atoms with Crippen molar-refractivity contribution in [3.63, 3.8) is 0 Å². The molecule has 1 aromatic rings. The van der Waals surface area contributed by atoms with Gasteiger partial charge in [-0.3, -0.25) is 4.90 Å². The first kappa shape index (κ1) is 11.7. The molecule has 0 N–H and O–H groups in total. The number of benzene rings is 1. The van der Waals surface area contributed by atoms with Gasteiger partial charge in [0, 0.05) is 13.1 Å². The van der Waals surface area contributed by atoms with Gasteiger partial charge in [0.05, 0.1) is 0 Å². The van der Waals surface area contributed by atoms with Crippen LogP contribution in [0.15, 0.2) is 24.3 Å². The maximum absolute atomic E-state index is 2.58. The minimum atomic E-state index is 1.17. The molecule has 0 saturated carbocycles. The Hall–Kier alpha value is -0.820. The predicted octanol–water partition coefficient (Wildman–Crippen LogP) is 3.97. The van der Waals surface area contributed by atoms with Crippen LogP contribution in [0.5, 0.6) is 0 Å². The molecule has 0 fully saturated rings. The number of hydrogen-bond donors (Lipinski definition) is 0. The number of hydrogen-bond acceptors (Lipinski definition) is 1. The van der Waals surface area contributed by atoms with Crippen LogP contribution in [-0.2, 0) is 13.1 Å². The van der Waals surface area contributed by atoms with Gasteiger partial charge in [-0.2, -0.15) is 0 Å². The SMILES string of the molecule is CCCCCCCN1Cc2ccccc2C1. The molecule has 0 radical (unpaired) electrons. The van der Waals surface area contributed by atoms with Gasteiger partial charge in [0.1, 0.15) is 0 Å². The van der Waals surface area contributed by atoms with Crippen LogP contribution in [0, 0.1) is 0 Å². The largest absolute Gasteiger partial charge is 0.295 e. The maximum atomic E-state index is 2.58. The molecule has 1 aliphatic rings. The van der Waals surface area contributed by atoms with Crippen LogP contribution in [0.1, 0.15) is 50.2 Å². The zero-order valence-electron chi connectivity index (χ0n) is 10.4. The van der Waals surface area contributed by atoms with Gasteiger partial charge in [-0.1, -0.05) is 56.9 Å². The summed E-state index contributed by atoms with van der Waals surface area (Å²) in [5.74, 6) is 0. The summed E-state index contributed by atoms with van der Waals surface area (Å²) < 4.78 is 0. The third kappa shape index (κ3) is 3.08. The lowest BCUT2D eigenvalue weighted by atomic mass is 10.1. The molecule has 0 aromatic heterocycles. The second-order valence-electron chi connectivity index (χ2n) is 4.89. The lowest BCUT2D eigenvalue weighted by molar-refractivity contribution is 0.276. The van der Waals surface area contributed by atoms with E-state index in [0.29, 0.717) is 0 Å². The Bertz CT molecular complexity index is 294. The van der Waals surface area contributed by atoms with Gasteiger partial charge in [0.2, 0.25) is 0 Å². The van der Waals surface area contributed by atoms with Crippen molar-refractivity contribution in [1.29, 1.82) is 0 Å². The molecule has 88 valence electrons. The topological polar surface area (TPSA) is 3.24 Å². The molecule has 0 amide bonds. The first-order valence-electron chi connectivity index (χ1n) is 6.69. The average Bonchev–Trinajstić information content (AvgIpc) is 2.71. The van der Waals surface area contributed by atoms with Gasteiger partial charge >= 0.3 is 0 Å². The quantitative estimate of drug-likeness (QED) is 0.652. The van der Waals surface area contributed by atoms with Crippen molar-refractivity contribution in [3.05, 3.63) is 35.4 Å². The van der Waals surface area contributed by atoms with E-state index in [2.05, 4.69) is 36.1 Å². The Kier molecular flexibility index (Phi) is 4.41. The lowest BCUT2D eigenvalue weighted by Gasteiger charge is -2.14. The molecule has 0 aliphatic carbocycles. The van der Waals surface area contributed by atoms with Crippen molar-refractivity contribution >= 4 is 0 Å². The molecule has 1 heterocycles. The van der Waals surface area contributed by atoms with E-state index in [1.807, 2.05) is 0 Å². The number of unbranched alkanes of at least 4 members (excludes halogenated alkanes) is 4. The molecular formula is C15H23N. The zero-order valence-corrected chi connectivity index (χ0v) is 10.4. The van der Waals surface area contributed by atoms with Crippen LogP contribution in [0.4, 0.5) is 0 Å². The molecule has 0 bridgehead atoms. The second kappa shape index (κ2) is 6.05. The van der Waals surface area contributed by atoms with Crippen LogP contribution in [-0.4, -0.2) is 11.4 Å². The summed E-state index contributed by atoms with van der Waals surface area (Å²) in [4.78, 5) is 2.58. The molecule has 16 heavy (non-hydrogen) atoms. The molecule has 1 nitrogen and oxygen atoms in total. The molecule has 0 spiro atoms.